The van der Waals surface area contributed by atoms with Gasteiger partial charge in [0.2, 0.25) is 11.8 Å². The molecule has 46 heavy (non-hydrogen) atoms. The van der Waals surface area contributed by atoms with Gasteiger partial charge in [0.15, 0.2) is 0 Å². The number of hydrogen-bond acceptors (Lipinski definition) is 4. The van der Waals surface area contributed by atoms with Crippen LogP contribution in [0.5, 0.6) is 0 Å². The van der Waals surface area contributed by atoms with Crippen molar-refractivity contribution in [1.29, 1.82) is 0 Å². The van der Waals surface area contributed by atoms with E-state index in [0.717, 1.165) is 38.8 Å². The second kappa shape index (κ2) is 15.9. The maximum atomic E-state index is 14.5. The molecule has 0 aliphatic heterocycles. The molecule has 0 aliphatic rings. The minimum Gasteiger partial charge on any atom is -0.385 e. The highest BCUT2D eigenvalue weighted by Gasteiger charge is 2.30. The average Bonchev–Trinajstić information content (AvgIpc) is 3.50. The van der Waals surface area contributed by atoms with Crippen molar-refractivity contribution in [2.75, 3.05) is 52.3 Å². The van der Waals surface area contributed by atoms with Crippen LogP contribution in [0.15, 0.2) is 115 Å². The van der Waals surface area contributed by atoms with Gasteiger partial charge >= 0.3 is 0 Å². The fourth-order valence-corrected chi connectivity index (χ4v) is 5.89. The van der Waals surface area contributed by atoms with Gasteiger partial charge in [-0.05, 0) is 53.3 Å². The predicted molar refractivity (Wildman–Crippen MR) is 186 cm³/mol. The molecule has 0 bridgehead atoms. The lowest BCUT2D eigenvalue weighted by atomic mass is 9.90. The zero-order chi connectivity index (χ0) is 32.3. The Labute approximate surface area is 272 Å². The number of para-hydroxylation sites is 1. The van der Waals surface area contributed by atoms with E-state index < -0.39 is 5.92 Å². The number of aromatic amines is 1. The highest BCUT2D eigenvalue weighted by Crippen LogP contribution is 2.27. The number of H-pyrrole nitrogens is 1. The van der Waals surface area contributed by atoms with Gasteiger partial charge in [-0.25, -0.2) is 0 Å². The standard InChI is InChI=1S/C39H44N4O3/c1-41(2)34-21-19-30(20-22-34)28-42(25-23-33-27-40-36-18-11-10-17-35(33)36)37(44)29-43(24-12-26-46-3)39(45)38(31-13-6-4-7-14-31)32-15-8-5-9-16-32/h4-11,13-22,27,38,40H,12,23-26,28-29H2,1-3H3. The Kier molecular flexibility index (Phi) is 11.2. The maximum absolute atomic E-state index is 14.5. The Bertz CT molecular complexity index is 1640. The molecule has 5 aromatic rings. The first-order valence-corrected chi connectivity index (χ1v) is 15.9. The molecule has 2 amide bonds. The van der Waals surface area contributed by atoms with Crippen LogP contribution in [-0.4, -0.2) is 74.0 Å². The molecule has 238 valence electrons. The summed E-state index contributed by atoms with van der Waals surface area (Å²) in [7, 11) is 5.68. The van der Waals surface area contributed by atoms with Crippen LogP contribution in [0.3, 0.4) is 0 Å². The van der Waals surface area contributed by atoms with Gasteiger partial charge in [-0.3, -0.25) is 9.59 Å². The van der Waals surface area contributed by atoms with Crippen molar-refractivity contribution < 1.29 is 14.3 Å². The molecule has 0 unspecified atom stereocenters. The van der Waals surface area contributed by atoms with Gasteiger partial charge in [0.05, 0.1) is 12.5 Å². The third-order valence-corrected chi connectivity index (χ3v) is 8.43. The van der Waals surface area contributed by atoms with E-state index in [-0.39, 0.29) is 18.4 Å². The third kappa shape index (κ3) is 8.23. The number of carbonyl (C=O) groups excluding carboxylic acids is 2. The van der Waals surface area contributed by atoms with Gasteiger partial charge in [-0.2, -0.15) is 0 Å². The molecule has 0 atom stereocenters. The average molecular weight is 617 g/mol. The van der Waals surface area contributed by atoms with E-state index in [1.807, 2.05) is 98.0 Å². The van der Waals surface area contributed by atoms with E-state index in [1.54, 1.807) is 12.0 Å². The van der Waals surface area contributed by atoms with Crippen molar-refractivity contribution in [2.45, 2.75) is 25.3 Å². The highest BCUT2D eigenvalue weighted by atomic mass is 16.5. The second-order valence-electron chi connectivity index (χ2n) is 11.8. The second-order valence-corrected chi connectivity index (χ2v) is 11.8. The fourth-order valence-electron chi connectivity index (χ4n) is 5.89. The molecule has 1 aromatic heterocycles. The normalized spacial score (nSPS) is 11.1. The van der Waals surface area contributed by atoms with Gasteiger partial charge in [0.25, 0.3) is 0 Å². The summed E-state index contributed by atoms with van der Waals surface area (Å²) in [6.45, 7) is 1.89. The lowest BCUT2D eigenvalue weighted by Crippen LogP contribution is -2.45. The van der Waals surface area contributed by atoms with E-state index in [4.69, 9.17) is 4.74 Å². The smallest absolute Gasteiger partial charge is 0.242 e. The van der Waals surface area contributed by atoms with E-state index in [1.165, 1.54) is 0 Å². The molecule has 1 N–H and O–H groups in total. The van der Waals surface area contributed by atoms with Crippen LogP contribution in [-0.2, 0) is 27.3 Å². The molecule has 1 heterocycles. The summed E-state index contributed by atoms with van der Waals surface area (Å²) in [5.41, 5.74) is 6.19. The molecular formula is C39H44N4O3. The van der Waals surface area contributed by atoms with E-state index in [2.05, 4.69) is 46.3 Å². The predicted octanol–water partition coefficient (Wildman–Crippen LogP) is 6.50. The molecule has 0 fully saturated rings. The Morgan fingerprint density at radius 2 is 1.39 bits per heavy atom. The number of hydrogen-bond donors (Lipinski definition) is 1. The van der Waals surface area contributed by atoms with Gasteiger partial charge < -0.3 is 24.4 Å². The van der Waals surface area contributed by atoms with Crippen LogP contribution in [0.2, 0.25) is 0 Å². The summed E-state index contributed by atoms with van der Waals surface area (Å²) < 4.78 is 5.33. The van der Waals surface area contributed by atoms with Crippen molar-refractivity contribution in [3.8, 4) is 0 Å². The van der Waals surface area contributed by atoms with Crippen LogP contribution in [0, 0.1) is 0 Å². The topological polar surface area (TPSA) is 68.9 Å². The Morgan fingerprint density at radius 1 is 0.761 bits per heavy atom. The highest BCUT2D eigenvalue weighted by molar-refractivity contribution is 5.91. The minimum atomic E-state index is -0.518. The quantitative estimate of drug-likeness (QED) is 0.136. The van der Waals surface area contributed by atoms with Gasteiger partial charge in [0.1, 0.15) is 0 Å². The Morgan fingerprint density at radius 3 is 2.02 bits per heavy atom. The molecular weight excluding hydrogens is 572 g/mol. The number of nitrogens with one attached hydrogen (secondary N) is 1. The Balaban J connectivity index is 1.42. The maximum Gasteiger partial charge on any atom is 0.242 e. The van der Waals surface area contributed by atoms with Crippen LogP contribution in [0.1, 0.15) is 34.6 Å². The molecule has 0 spiro atoms. The minimum absolute atomic E-state index is 0.0115. The first-order chi connectivity index (χ1) is 22.4. The van der Waals surface area contributed by atoms with Gasteiger partial charge in [-0.15, -0.1) is 0 Å². The molecule has 0 radical (unpaired) electrons. The number of ether oxygens (including phenoxy) is 1. The first-order valence-electron chi connectivity index (χ1n) is 15.9. The van der Waals surface area contributed by atoms with Crippen LogP contribution in [0.4, 0.5) is 5.69 Å². The van der Waals surface area contributed by atoms with Crippen molar-refractivity contribution >= 4 is 28.4 Å². The van der Waals surface area contributed by atoms with Gasteiger partial charge in [0, 0.05) is 70.2 Å². The summed E-state index contributed by atoms with van der Waals surface area (Å²) in [6, 6.07) is 36.1. The number of carbonyl (C=O) groups is 2. The number of benzene rings is 4. The molecule has 5 rings (SSSR count). The third-order valence-electron chi connectivity index (χ3n) is 8.43. The van der Waals surface area contributed by atoms with Crippen LogP contribution in [0.25, 0.3) is 10.9 Å². The molecule has 4 aromatic carbocycles. The molecule has 0 saturated carbocycles. The van der Waals surface area contributed by atoms with Crippen molar-refractivity contribution in [2.24, 2.45) is 0 Å². The van der Waals surface area contributed by atoms with E-state index in [9.17, 15) is 9.59 Å². The van der Waals surface area contributed by atoms with Crippen LogP contribution >= 0.6 is 0 Å². The van der Waals surface area contributed by atoms with E-state index in [0.29, 0.717) is 39.1 Å². The monoisotopic (exact) mass is 616 g/mol. The molecule has 7 heteroatoms. The fraction of sp³-hybridized carbons (Fsp3) is 0.282. The van der Waals surface area contributed by atoms with Crippen molar-refractivity contribution in [1.82, 2.24) is 14.8 Å². The summed E-state index contributed by atoms with van der Waals surface area (Å²) in [4.78, 5) is 37.8. The number of methoxy groups -OCH3 is 1. The number of nitrogens with zero attached hydrogens (tertiary/aromatic N) is 3. The summed E-state index contributed by atoms with van der Waals surface area (Å²) in [5, 5.41) is 1.16. The van der Waals surface area contributed by atoms with E-state index >= 15 is 0 Å². The zero-order valence-corrected chi connectivity index (χ0v) is 27.1. The lowest BCUT2D eigenvalue weighted by molar-refractivity contribution is -0.141. The summed E-state index contributed by atoms with van der Waals surface area (Å²) in [5.74, 6) is -0.688. The number of anilines is 1. The number of fused-ring (bicyclic) bond motifs is 1. The number of rotatable bonds is 15. The van der Waals surface area contributed by atoms with Crippen LogP contribution < -0.4 is 4.90 Å². The number of amides is 2. The summed E-state index contributed by atoms with van der Waals surface area (Å²) in [6.07, 6.45) is 3.36. The summed E-state index contributed by atoms with van der Waals surface area (Å²) >= 11 is 0. The largest absolute Gasteiger partial charge is 0.385 e. The van der Waals surface area contributed by atoms with Crippen molar-refractivity contribution in [3.63, 3.8) is 0 Å². The molecule has 0 aliphatic carbocycles. The zero-order valence-electron chi connectivity index (χ0n) is 27.1. The molecule has 7 nitrogen and oxygen atoms in total. The first kappa shape index (κ1) is 32.5. The lowest BCUT2D eigenvalue weighted by Gasteiger charge is -2.31. The number of aromatic nitrogens is 1. The Hall–Kier alpha value is -4.88. The van der Waals surface area contributed by atoms with Gasteiger partial charge in [-0.1, -0.05) is 91.0 Å². The van der Waals surface area contributed by atoms with Crippen molar-refractivity contribution in [3.05, 3.63) is 138 Å². The molecule has 0 saturated heterocycles. The SMILES string of the molecule is COCCCN(CC(=O)N(CCc1c[nH]c2ccccc12)Cc1ccc(N(C)C)cc1)C(=O)C(c1ccccc1)c1ccccc1.